The Morgan fingerprint density at radius 3 is 1.77 bits per heavy atom. The molecule has 4 unspecified atom stereocenters. The maximum absolute atomic E-state index is 13.3. The van der Waals surface area contributed by atoms with E-state index in [2.05, 4.69) is 16.0 Å². The molecular weight excluding hydrogens is 520 g/mol. The molecule has 0 aliphatic heterocycles. The summed E-state index contributed by atoms with van der Waals surface area (Å²) in [6, 6.07) is 9.27. The van der Waals surface area contributed by atoms with Crippen LogP contribution in [-0.2, 0) is 36.8 Å². The van der Waals surface area contributed by atoms with Gasteiger partial charge in [-0.05, 0) is 35.6 Å². The zero-order chi connectivity index (χ0) is 29.8. The Balaban J connectivity index is 2.25. The molecule has 12 heteroatoms. The first-order chi connectivity index (χ1) is 18.8. The van der Waals surface area contributed by atoms with Gasteiger partial charge in [0.1, 0.15) is 23.9 Å². The van der Waals surface area contributed by atoms with E-state index in [4.69, 9.17) is 5.73 Å². The van der Waals surface area contributed by atoms with Gasteiger partial charge in [-0.2, -0.15) is 0 Å². The number of carbonyl (C=O) groups excluding carboxylic acids is 3. The quantitative estimate of drug-likeness (QED) is 0.163. The highest BCUT2D eigenvalue weighted by Crippen LogP contribution is 2.12. The van der Waals surface area contributed by atoms with Crippen molar-refractivity contribution in [1.29, 1.82) is 0 Å². The highest BCUT2D eigenvalue weighted by Gasteiger charge is 2.31. The molecule has 0 heterocycles. The number of phenolic OH excluding ortho intramolecular Hbond substituents is 1. The van der Waals surface area contributed by atoms with E-state index in [0.717, 1.165) is 0 Å². The molecule has 40 heavy (non-hydrogen) atoms. The first-order valence-electron chi connectivity index (χ1n) is 12.8. The van der Waals surface area contributed by atoms with E-state index in [0.29, 0.717) is 17.5 Å². The van der Waals surface area contributed by atoms with Gasteiger partial charge in [-0.1, -0.05) is 56.3 Å². The second kappa shape index (κ2) is 15.2. The number of benzene rings is 2. The Labute approximate surface area is 232 Å². The molecule has 0 bridgehead atoms. The minimum Gasteiger partial charge on any atom is -0.508 e. The second-order valence-electron chi connectivity index (χ2n) is 9.92. The number of aromatic hydroxyl groups is 1. The first kappa shape index (κ1) is 31.8. The fourth-order valence-corrected chi connectivity index (χ4v) is 3.95. The predicted octanol–water partition coefficient (Wildman–Crippen LogP) is 0.565. The molecule has 0 saturated heterocycles. The largest absolute Gasteiger partial charge is 0.508 e. The van der Waals surface area contributed by atoms with Crippen LogP contribution in [0.5, 0.6) is 5.75 Å². The zero-order valence-electron chi connectivity index (χ0n) is 22.4. The SMILES string of the molecule is CC(C)CC(N)C(=O)NC(CC(=O)O)C(=O)NC(Cc1ccccc1)C(=O)NC(Cc1ccc(O)cc1)C(=O)O. The number of amides is 3. The van der Waals surface area contributed by atoms with Crippen LogP contribution in [0.3, 0.4) is 0 Å². The van der Waals surface area contributed by atoms with Crippen molar-refractivity contribution < 1.29 is 39.3 Å². The van der Waals surface area contributed by atoms with E-state index in [1.165, 1.54) is 24.3 Å². The van der Waals surface area contributed by atoms with Crippen LogP contribution >= 0.6 is 0 Å². The summed E-state index contributed by atoms with van der Waals surface area (Å²) in [6.45, 7) is 3.71. The van der Waals surface area contributed by atoms with Crippen molar-refractivity contribution in [2.75, 3.05) is 0 Å². The van der Waals surface area contributed by atoms with Gasteiger partial charge in [-0.3, -0.25) is 19.2 Å². The van der Waals surface area contributed by atoms with E-state index in [9.17, 15) is 39.3 Å². The van der Waals surface area contributed by atoms with Crippen molar-refractivity contribution in [3.05, 3.63) is 65.7 Å². The monoisotopic (exact) mass is 556 g/mol. The lowest BCUT2D eigenvalue weighted by Crippen LogP contribution is -2.58. The van der Waals surface area contributed by atoms with Crippen molar-refractivity contribution >= 4 is 29.7 Å². The molecule has 0 saturated carbocycles. The summed E-state index contributed by atoms with van der Waals surface area (Å²) in [5.41, 5.74) is 7.06. The lowest BCUT2D eigenvalue weighted by molar-refractivity contribution is -0.143. The van der Waals surface area contributed by atoms with Crippen molar-refractivity contribution in [1.82, 2.24) is 16.0 Å². The van der Waals surface area contributed by atoms with Gasteiger partial charge in [-0.15, -0.1) is 0 Å². The van der Waals surface area contributed by atoms with Crippen LogP contribution in [0.1, 0.15) is 37.8 Å². The average Bonchev–Trinajstić information content (AvgIpc) is 2.88. The summed E-state index contributed by atoms with van der Waals surface area (Å²) in [5.74, 6) is -5.06. The van der Waals surface area contributed by atoms with Crippen LogP contribution in [0.2, 0.25) is 0 Å². The van der Waals surface area contributed by atoms with Crippen molar-refractivity contribution in [2.24, 2.45) is 11.7 Å². The molecule has 2 rings (SSSR count). The van der Waals surface area contributed by atoms with Crippen LogP contribution in [0.25, 0.3) is 0 Å². The highest BCUT2D eigenvalue weighted by atomic mass is 16.4. The van der Waals surface area contributed by atoms with Gasteiger partial charge in [0.15, 0.2) is 0 Å². The standard InChI is InChI=1S/C28H36N4O8/c1-16(2)12-20(29)25(36)30-22(15-24(34)35)27(38)31-21(13-17-6-4-3-5-7-17)26(37)32-23(28(39)40)14-18-8-10-19(33)11-9-18/h3-11,16,20-23,33H,12-15,29H2,1-2H3,(H,30,36)(H,31,38)(H,32,37)(H,34,35)(H,39,40). The van der Waals surface area contributed by atoms with Crippen LogP contribution in [0.4, 0.5) is 0 Å². The lowest BCUT2D eigenvalue weighted by atomic mass is 10.0. The summed E-state index contributed by atoms with van der Waals surface area (Å²) < 4.78 is 0. The molecule has 0 aromatic heterocycles. The van der Waals surface area contributed by atoms with Crippen molar-refractivity contribution in [3.63, 3.8) is 0 Å². The Kier molecular flexibility index (Phi) is 12.1. The molecule has 12 nitrogen and oxygen atoms in total. The molecule has 2 aromatic carbocycles. The summed E-state index contributed by atoms with van der Waals surface area (Å²) in [7, 11) is 0. The lowest BCUT2D eigenvalue weighted by Gasteiger charge is -2.25. The normalized spacial score (nSPS) is 13.9. The molecule has 0 aliphatic carbocycles. The molecule has 4 atom stereocenters. The van der Waals surface area contributed by atoms with Gasteiger partial charge in [-0.25, -0.2) is 4.79 Å². The molecule has 3 amide bonds. The molecular formula is C28H36N4O8. The van der Waals surface area contributed by atoms with E-state index < -0.39 is 60.2 Å². The van der Waals surface area contributed by atoms with Crippen LogP contribution in [-0.4, -0.2) is 69.1 Å². The summed E-state index contributed by atoms with van der Waals surface area (Å²) in [4.78, 5) is 62.3. The number of rotatable bonds is 15. The van der Waals surface area contributed by atoms with Gasteiger partial charge in [0, 0.05) is 12.8 Å². The number of nitrogens with two attached hydrogens (primary N) is 1. The van der Waals surface area contributed by atoms with Gasteiger partial charge in [0.05, 0.1) is 12.5 Å². The van der Waals surface area contributed by atoms with Gasteiger partial charge in [0.2, 0.25) is 17.7 Å². The Hall–Kier alpha value is -4.45. The molecule has 216 valence electrons. The topological polar surface area (TPSA) is 208 Å². The van der Waals surface area contributed by atoms with E-state index in [-0.39, 0.29) is 24.5 Å². The Morgan fingerprint density at radius 1 is 0.725 bits per heavy atom. The number of hydrogen-bond donors (Lipinski definition) is 7. The van der Waals surface area contributed by atoms with Crippen LogP contribution in [0, 0.1) is 5.92 Å². The highest BCUT2D eigenvalue weighted by molar-refractivity contribution is 5.95. The molecule has 0 spiro atoms. The van der Waals surface area contributed by atoms with E-state index in [1.54, 1.807) is 30.3 Å². The number of hydrogen-bond acceptors (Lipinski definition) is 7. The average molecular weight is 557 g/mol. The second-order valence-corrected chi connectivity index (χ2v) is 9.92. The Bertz CT molecular complexity index is 1170. The van der Waals surface area contributed by atoms with Gasteiger partial charge < -0.3 is 37.0 Å². The number of nitrogens with one attached hydrogen (secondary N) is 3. The third-order valence-electron chi connectivity index (χ3n) is 5.98. The molecule has 0 radical (unpaired) electrons. The number of carbonyl (C=O) groups is 5. The van der Waals surface area contributed by atoms with Gasteiger partial charge in [0.25, 0.3) is 0 Å². The van der Waals surface area contributed by atoms with Gasteiger partial charge >= 0.3 is 11.9 Å². The molecule has 8 N–H and O–H groups in total. The number of aliphatic carboxylic acids is 2. The van der Waals surface area contributed by atoms with E-state index >= 15 is 0 Å². The predicted molar refractivity (Wildman–Crippen MR) is 145 cm³/mol. The number of carboxylic acid groups (broad SMARTS) is 2. The summed E-state index contributed by atoms with van der Waals surface area (Å²) in [5, 5.41) is 35.8. The molecule has 2 aromatic rings. The molecule has 0 aliphatic rings. The zero-order valence-corrected chi connectivity index (χ0v) is 22.4. The number of carboxylic acids is 2. The third kappa shape index (κ3) is 10.7. The smallest absolute Gasteiger partial charge is 0.326 e. The number of phenols is 1. The Morgan fingerprint density at radius 2 is 1.23 bits per heavy atom. The minimum absolute atomic E-state index is 0.00142. The fourth-order valence-electron chi connectivity index (χ4n) is 3.95. The fraction of sp³-hybridized carbons (Fsp3) is 0.393. The summed E-state index contributed by atoms with van der Waals surface area (Å²) in [6.07, 6.45) is -0.586. The van der Waals surface area contributed by atoms with E-state index in [1.807, 2.05) is 13.8 Å². The van der Waals surface area contributed by atoms with Crippen LogP contribution < -0.4 is 21.7 Å². The third-order valence-corrected chi connectivity index (χ3v) is 5.98. The minimum atomic E-state index is -1.53. The maximum atomic E-state index is 13.3. The molecule has 0 fully saturated rings. The maximum Gasteiger partial charge on any atom is 0.326 e. The summed E-state index contributed by atoms with van der Waals surface area (Å²) >= 11 is 0. The first-order valence-corrected chi connectivity index (χ1v) is 12.8. The van der Waals surface area contributed by atoms with Crippen molar-refractivity contribution in [2.45, 2.75) is 63.7 Å². The van der Waals surface area contributed by atoms with Crippen molar-refractivity contribution in [3.8, 4) is 5.75 Å². The van der Waals surface area contributed by atoms with Crippen LogP contribution in [0.15, 0.2) is 54.6 Å².